The van der Waals surface area contributed by atoms with E-state index in [1.165, 1.54) is 38.5 Å². The molecule has 5 heteroatoms. The number of amides is 1. The van der Waals surface area contributed by atoms with Gasteiger partial charge in [0, 0.05) is 31.0 Å². The maximum absolute atomic E-state index is 12.3. The number of nitrogens with one attached hydrogen (secondary N) is 1. The number of benzene rings is 1. The molecule has 1 aliphatic heterocycles. The third kappa shape index (κ3) is 4.76. The van der Waals surface area contributed by atoms with Gasteiger partial charge in [-0.25, -0.2) is 0 Å². The summed E-state index contributed by atoms with van der Waals surface area (Å²) in [6, 6.07) is 10.4. The lowest BCUT2D eigenvalue weighted by molar-refractivity contribution is -0.116. The monoisotopic (exact) mass is 345 g/mol. The molecule has 0 bridgehead atoms. The van der Waals surface area contributed by atoms with Crippen LogP contribution in [0.4, 0.5) is 5.69 Å². The van der Waals surface area contributed by atoms with Gasteiger partial charge in [0.15, 0.2) is 5.17 Å². The second kappa shape index (κ2) is 8.56. The normalized spacial score (nSPS) is 24.1. The Morgan fingerprint density at radius 3 is 2.62 bits per heavy atom. The van der Waals surface area contributed by atoms with Crippen LogP contribution in [0.2, 0.25) is 0 Å². The number of rotatable bonds is 4. The molecular weight excluding hydrogens is 318 g/mol. The molecule has 1 N–H and O–H groups in total. The van der Waals surface area contributed by atoms with Gasteiger partial charge in [0.2, 0.25) is 5.91 Å². The fraction of sp³-hybridized carbons (Fsp3) is 0.579. The van der Waals surface area contributed by atoms with E-state index in [1.54, 1.807) is 11.8 Å². The Balaban J connectivity index is 1.53. The summed E-state index contributed by atoms with van der Waals surface area (Å²) >= 11 is 1.80. The summed E-state index contributed by atoms with van der Waals surface area (Å²) in [5, 5.41) is 4.10. The maximum Gasteiger partial charge on any atom is 0.226 e. The second-order valence-electron chi connectivity index (χ2n) is 6.75. The molecule has 0 aromatic heterocycles. The van der Waals surface area contributed by atoms with Crippen LogP contribution in [-0.4, -0.2) is 40.9 Å². The molecule has 1 heterocycles. The lowest BCUT2D eigenvalue weighted by Crippen LogP contribution is -2.34. The number of amidine groups is 1. The summed E-state index contributed by atoms with van der Waals surface area (Å²) in [5.41, 5.74) is 0.864. The highest BCUT2D eigenvalue weighted by Gasteiger charge is 2.29. The number of aliphatic imine (C=N–C) groups is 1. The van der Waals surface area contributed by atoms with Gasteiger partial charge in [-0.15, -0.1) is 0 Å². The molecule has 1 unspecified atom stereocenters. The number of hydrogen-bond donors (Lipinski definition) is 1. The molecule has 1 amide bonds. The second-order valence-corrected chi connectivity index (χ2v) is 7.74. The summed E-state index contributed by atoms with van der Waals surface area (Å²) in [6.07, 6.45) is 8.27. The predicted molar refractivity (Wildman–Crippen MR) is 103 cm³/mol. The van der Waals surface area contributed by atoms with E-state index < -0.39 is 0 Å². The van der Waals surface area contributed by atoms with Crippen LogP contribution in [0.5, 0.6) is 0 Å². The maximum atomic E-state index is 12.3. The van der Waals surface area contributed by atoms with Gasteiger partial charge < -0.3 is 10.2 Å². The Kier molecular flexibility index (Phi) is 6.18. The van der Waals surface area contributed by atoms with Crippen molar-refractivity contribution in [2.45, 2.75) is 57.0 Å². The van der Waals surface area contributed by atoms with Gasteiger partial charge in [0.25, 0.3) is 0 Å². The average molecular weight is 346 g/mol. The van der Waals surface area contributed by atoms with Crippen molar-refractivity contribution in [1.82, 2.24) is 4.90 Å². The van der Waals surface area contributed by atoms with Gasteiger partial charge >= 0.3 is 0 Å². The minimum absolute atomic E-state index is 0.0781. The molecule has 0 radical (unpaired) electrons. The van der Waals surface area contributed by atoms with E-state index in [0.29, 0.717) is 12.5 Å². The van der Waals surface area contributed by atoms with E-state index in [2.05, 4.69) is 17.3 Å². The van der Waals surface area contributed by atoms with Crippen LogP contribution >= 0.6 is 11.8 Å². The van der Waals surface area contributed by atoms with Crippen LogP contribution in [0.15, 0.2) is 35.3 Å². The zero-order valence-corrected chi connectivity index (χ0v) is 15.2. The topological polar surface area (TPSA) is 44.7 Å². The molecule has 1 atom stereocenters. The summed E-state index contributed by atoms with van der Waals surface area (Å²) in [6.45, 7) is 0. The number of thioether (sulfide) groups is 1. The van der Waals surface area contributed by atoms with Gasteiger partial charge in [-0.3, -0.25) is 9.79 Å². The molecule has 130 valence electrons. The Hall–Kier alpha value is -1.49. The van der Waals surface area contributed by atoms with E-state index >= 15 is 0 Å². The van der Waals surface area contributed by atoms with Crippen molar-refractivity contribution in [3.63, 3.8) is 0 Å². The van der Waals surface area contributed by atoms with Crippen LogP contribution in [-0.2, 0) is 4.79 Å². The SMILES string of the molecule is CN1C(=NC2CCCCCC2)SCC1CC(=O)Nc1ccccc1. The Labute approximate surface area is 149 Å². The lowest BCUT2D eigenvalue weighted by Gasteiger charge is -2.21. The van der Waals surface area contributed by atoms with E-state index in [4.69, 9.17) is 4.99 Å². The fourth-order valence-corrected chi connectivity index (χ4v) is 4.61. The van der Waals surface area contributed by atoms with Gasteiger partial charge in [0.05, 0.1) is 6.04 Å². The highest BCUT2D eigenvalue weighted by atomic mass is 32.2. The summed E-state index contributed by atoms with van der Waals surface area (Å²) in [4.78, 5) is 19.5. The van der Waals surface area contributed by atoms with E-state index in [1.807, 2.05) is 30.3 Å². The first-order valence-electron chi connectivity index (χ1n) is 9.00. The average Bonchev–Trinajstić information content (AvgIpc) is 2.79. The molecular formula is C19H27N3OS. The van der Waals surface area contributed by atoms with Crippen LogP contribution < -0.4 is 5.32 Å². The van der Waals surface area contributed by atoms with Crippen molar-refractivity contribution in [3.05, 3.63) is 30.3 Å². The summed E-state index contributed by atoms with van der Waals surface area (Å²) in [7, 11) is 2.08. The summed E-state index contributed by atoms with van der Waals surface area (Å²) in [5.74, 6) is 1.03. The van der Waals surface area contributed by atoms with E-state index in [-0.39, 0.29) is 11.9 Å². The number of para-hydroxylation sites is 1. The third-order valence-corrected chi connectivity index (χ3v) is 6.05. The fourth-order valence-electron chi connectivity index (χ4n) is 3.36. The third-order valence-electron chi connectivity index (χ3n) is 4.85. The molecule has 0 spiro atoms. The zero-order valence-electron chi connectivity index (χ0n) is 14.4. The zero-order chi connectivity index (χ0) is 16.8. The quantitative estimate of drug-likeness (QED) is 0.834. The molecule has 2 fully saturated rings. The number of carbonyl (C=O) groups is 1. The highest BCUT2D eigenvalue weighted by Crippen LogP contribution is 2.28. The standard InChI is InChI=1S/C19H27N3OS/c1-22-17(13-18(23)20-15-9-7-4-8-10-15)14-24-19(22)21-16-11-5-2-3-6-12-16/h4,7-10,16-17H,2-3,5-6,11-14H2,1H3,(H,20,23). The van der Waals surface area contributed by atoms with Crippen molar-refractivity contribution < 1.29 is 4.79 Å². The Morgan fingerprint density at radius 2 is 1.92 bits per heavy atom. The van der Waals surface area contributed by atoms with E-state index in [0.717, 1.165) is 16.6 Å². The number of nitrogens with zero attached hydrogens (tertiary/aromatic N) is 2. The molecule has 4 nitrogen and oxygen atoms in total. The Bertz CT molecular complexity index is 567. The predicted octanol–water partition coefficient (Wildman–Crippen LogP) is 4.14. The van der Waals surface area contributed by atoms with Crippen molar-refractivity contribution in [2.24, 2.45) is 4.99 Å². The number of anilines is 1. The van der Waals surface area contributed by atoms with Crippen molar-refractivity contribution in [3.8, 4) is 0 Å². The van der Waals surface area contributed by atoms with Crippen molar-refractivity contribution >= 4 is 28.5 Å². The molecule has 1 aliphatic carbocycles. The highest BCUT2D eigenvalue weighted by molar-refractivity contribution is 8.14. The van der Waals surface area contributed by atoms with Gasteiger partial charge in [-0.2, -0.15) is 0 Å². The first kappa shape index (κ1) is 17.3. The molecule has 1 aromatic rings. The Morgan fingerprint density at radius 1 is 1.21 bits per heavy atom. The first-order chi connectivity index (χ1) is 11.7. The number of hydrogen-bond acceptors (Lipinski definition) is 3. The van der Waals surface area contributed by atoms with Gasteiger partial charge in [-0.1, -0.05) is 55.6 Å². The molecule has 2 aliphatic rings. The molecule has 3 rings (SSSR count). The minimum atomic E-state index is 0.0781. The van der Waals surface area contributed by atoms with Gasteiger partial charge in [0.1, 0.15) is 0 Å². The van der Waals surface area contributed by atoms with Gasteiger partial charge in [-0.05, 0) is 25.0 Å². The first-order valence-corrected chi connectivity index (χ1v) is 9.99. The molecule has 1 saturated heterocycles. The minimum Gasteiger partial charge on any atom is -0.350 e. The summed E-state index contributed by atoms with van der Waals surface area (Å²) < 4.78 is 0. The largest absolute Gasteiger partial charge is 0.350 e. The van der Waals surface area contributed by atoms with Crippen molar-refractivity contribution in [2.75, 3.05) is 18.1 Å². The number of carbonyl (C=O) groups excluding carboxylic acids is 1. The molecule has 1 saturated carbocycles. The smallest absolute Gasteiger partial charge is 0.226 e. The molecule has 1 aromatic carbocycles. The van der Waals surface area contributed by atoms with Crippen molar-refractivity contribution in [1.29, 1.82) is 0 Å². The van der Waals surface area contributed by atoms with Crippen LogP contribution in [0.25, 0.3) is 0 Å². The molecule has 24 heavy (non-hydrogen) atoms. The van der Waals surface area contributed by atoms with Crippen LogP contribution in [0.1, 0.15) is 44.9 Å². The van der Waals surface area contributed by atoms with Crippen LogP contribution in [0.3, 0.4) is 0 Å². The van der Waals surface area contributed by atoms with Crippen LogP contribution in [0, 0.1) is 0 Å². The lowest BCUT2D eigenvalue weighted by atomic mass is 10.1. The van der Waals surface area contributed by atoms with E-state index in [9.17, 15) is 4.79 Å².